The number of hydrogen-bond donors (Lipinski definition) is 3. The molecule has 1 heterocycles. The number of urea groups is 1. The molecule has 1 aliphatic rings. The van der Waals surface area contributed by atoms with E-state index in [9.17, 15) is 14.7 Å². The molecule has 1 aromatic carbocycles. The first-order valence-corrected chi connectivity index (χ1v) is 6.60. The van der Waals surface area contributed by atoms with E-state index in [1.807, 2.05) is 6.07 Å². The normalized spacial score (nSPS) is 18.1. The molecule has 6 heteroatoms. The number of benzene rings is 1. The lowest BCUT2D eigenvalue weighted by Crippen LogP contribution is -2.33. The number of aryl methyl sites for hydroxylation is 1. The second kappa shape index (κ2) is 6.38. The standard InChI is InChI=1S/C14H18N2O4/c17-11-7-8-16(9-11)14(20)15-12-4-2-1-3-10(12)5-6-13(18)19/h1-4,11,17H,5-9H2,(H,15,20)(H,18,19). The fourth-order valence-electron chi connectivity index (χ4n) is 2.22. The molecule has 0 saturated carbocycles. The lowest BCUT2D eigenvalue weighted by molar-refractivity contribution is -0.136. The van der Waals surface area contributed by atoms with Crippen LogP contribution in [0.15, 0.2) is 24.3 Å². The van der Waals surface area contributed by atoms with E-state index in [-0.39, 0.29) is 12.5 Å². The smallest absolute Gasteiger partial charge is 0.321 e. The van der Waals surface area contributed by atoms with Crippen LogP contribution in [0, 0.1) is 0 Å². The minimum absolute atomic E-state index is 0.0231. The number of amides is 2. The topological polar surface area (TPSA) is 89.9 Å². The fourth-order valence-corrected chi connectivity index (χ4v) is 2.22. The molecule has 1 unspecified atom stereocenters. The summed E-state index contributed by atoms with van der Waals surface area (Å²) < 4.78 is 0. The number of carboxylic acid groups (broad SMARTS) is 1. The van der Waals surface area contributed by atoms with E-state index in [2.05, 4.69) is 5.32 Å². The zero-order valence-electron chi connectivity index (χ0n) is 11.1. The van der Waals surface area contributed by atoms with Crippen molar-refractivity contribution < 1.29 is 19.8 Å². The van der Waals surface area contributed by atoms with Gasteiger partial charge in [0.05, 0.1) is 6.10 Å². The molecule has 3 N–H and O–H groups in total. The van der Waals surface area contributed by atoms with Gasteiger partial charge in [0, 0.05) is 25.2 Å². The van der Waals surface area contributed by atoms with Gasteiger partial charge in [-0.15, -0.1) is 0 Å². The Morgan fingerprint density at radius 1 is 1.35 bits per heavy atom. The Morgan fingerprint density at radius 2 is 2.10 bits per heavy atom. The molecule has 1 aliphatic heterocycles. The Balaban J connectivity index is 2.01. The maximum atomic E-state index is 12.0. The Kier molecular flexibility index (Phi) is 4.57. The van der Waals surface area contributed by atoms with Gasteiger partial charge in [0.15, 0.2) is 0 Å². The summed E-state index contributed by atoms with van der Waals surface area (Å²) in [6.07, 6.45) is 0.528. The van der Waals surface area contributed by atoms with Crippen molar-refractivity contribution in [2.45, 2.75) is 25.4 Å². The number of aliphatic hydroxyl groups excluding tert-OH is 1. The number of aliphatic carboxylic acids is 1. The molecule has 0 spiro atoms. The summed E-state index contributed by atoms with van der Waals surface area (Å²) >= 11 is 0. The monoisotopic (exact) mass is 278 g/mol. The zero-order valence-corrected chi connectivity index (χ0v) is 11.1. The van der Waals surface area contributed by atoms with E-state index in [1.54, 1.807) is 23.1 Å². The highest BCUT2D eigenvalue weighted by Crippen LogP contribution is 2.18. The average molecular weight is 278 g/mol. The largest absolute Gasteiger partial charge is 0.481 e. The van der Waals surface area contributed by atoms with E-state index in [0.29, 0.717) is 31.6 Å². The number of nitrogens with zero attached hydrogens (tertiary/aromatic N) is 1. The molecule has 6 nitrogen and oxygen atoms in total. The quantitative estimate of drug-likeness (QED) is 0.774. The van der Waals surface area contributed by atoms with Gasteiger partial charge < -0.3 is 20.4 Å². The van der Waals surface area contributed by atoms with Crippen molar-refractivity contribution in [2.75, 3.05) is 18.4 Å². The van der Waals surface area contributed by atoms with Gasteiger partial charge in [-0.1, -0.05) is 18.2 Å². The van der Waals surface area contributed by atoms with E-state index in [1.165, 1.54) is 0 Å². The van der Waals surface area contributed by atoms with Crippen LogP contribution in [-0.4, -0.2) is 46.3 Å². The molecular weight excluding hydrogens is 260 g/mol. The molecule has 0 radical (unpaired) electrons. The second-order valence-corrected chi connectivity index (χ2v) is 4.87. The number of likely N-dealkylation sites (tertiary alicyclic amines) is 1. The third-order valence-electron chi connectivity index (χ3n) is 3.32. The number of aliphatic hydroxyl groups is 1. The van der Waals surface area contributed by atoms with Crippen LogP contribution in [0.2, 0.25) is 0 Å². The number of carbonyl (C=O) groups is 2. The van der Waals surface area contributed by atoms with Crippen LogP contribution in [-0.2, 0) is 11.2 Å². The SMILES string of the molecule is O=C(O)CCc1ccccc1NC(=O)N1CCC(O)C1. The maximum Gasteiger partial charge on any atom is 0.321 e. The van der Waals surface area contributed by atoms with Crippen molar-refractivity contribution in [3.63, 3.8) is 0 Å². The third kappa shape index (κ3) is 3.71. The molecule has 1 aromatic rings. The van der Waals surface area contributed by atoms with Crippen LogP contribution < -0.4 is 5.32 Å². The van der Waals surface area contributed by atoms with E-state index >= 15 is 0 Å². The summed E-state index contributed by atoms with van der Waals surface area (Å²) in [5, 5.41) is 20.9. The van der Waals surface area contributed by atoms with Gasteiger partial charge in [0.25, 0.3) is 0 Å². The summed E-state index contributed by atoms with van der Waals surface area (Å²) in [6, 6.07) is 6.90. The molecule has 1 atom stereocenters. The first-order valence-electron chi connectivity index (χ1n) is 6.60. The van der Waals surface area contributed by atoms with Gasteiger partial charge >= 0.3 is 12.0 Å². The summed E-state index contributed by atoms with van der Waals surface area (Å²) in [5.41, 5.74) is 1.42. The Labute approximate surface area is 117 Å². The van der Waals surface area contributed by atoms with Crippen molar-refractivity contribution >= 4 is 17.7 Å². The van der Waals surface area contributed by atoms with Gasteiger partial charge in [0.1, 0.15) is 0 Å². The van der Waals surface area contributed by atoms with Gasteiger partial charge in [0.2, 0.25) is 0 Å². The summed E-state index contributed by atoms with van der Waals surface area (Å²) in [7, 11) is 0. The summed E-state index contributed by atoms with van der Waals surface area (Å²) in [5.74, 6) is -0.867. The molecule has 1 saturated heterocycles. The second-order valence-electron chi connectivity index (χ2n) is 4.87. The van der Waals surface area contributed by atoms with Gasteiger partial charge in [-0.05, 0) is 24.5 Å². The minimum atomic E-state index is -0.867. The number of β-amino-alcohol motifs (C(OH)–C–C–N with tert-alkyl or cyclic N) is 1. The Hall–Kier alpha value is -2.08. The minimum Gasteiger partial charge on any atom is -0.481 e. The summed E-state index contributed by atoms with van der Waals surface area (Å²) in [6.45, 7) is 0.868. The van der Waals surface area contributed by atoms with Gasteiger partial charge in [-0.2, -0.15) is 0 Å². The predicted octanol–water partition coefficient (Wildman–Crippen LogP) is 1.30. The number of anilines is 1. The Bertz CT molecular complexity index is 504. The molecule has 2 amide bonds. The Morgan fingerprint density at radius 3 is 2.75 bits per heavy atom. The van der Waals surface area contributed by atoms with E-state index in [0.717, 1.165) is 5.56 Å². The van der Waals surface area contributed by atoms with Crippen LogP contribution in [0.25, 0.3) is 0 Å². The first-order chi connectivity index (χ1) is 9.56. The number of para-hydroxylation sites is 1. The summed E-state index contributed by atoms with van der Waals surface area (Å²) in [4.78, 5) is 24.2. The molecule has 1 fully saturated rings. The van der Waals surface area contributed by atoms with Crippen molar-refractivity contribution in [3.05, 3.63) is 29.8 Å². The highest BCUT2D eigenvalue weighted by atomic mass is 16.4. The van der Waals surface area contributed by atoms with Crippen molar-refractivity contribution in [1.29, 1.82) is 0 Å². The molecule has 20 heavy (non-hydrogen) atoms. The average Bonchev–Trinajstić information content (AvgIpc) is 2.84. The number of rotatable bonds is 4. The first kappa shape index (κ1) is 14.3. The number of nitrogens with one attached hydrogen (secondary N) is 1. The maximum absolute atomic E-state index is 12.0. The van der Waals surface area contributed by atoms with Crippen LogP contribution in [0.5, 0.6) is 0 Å². The number of carboxylic acids is 1. The lowest BCUT2D eigenvalue weighted by Gasteiger charge is -2.18. The predicted molar refractivity (Wildman–Crippen MR) is 73.6 cm³/mol. The van der Waals surface area contributed by atoms with E-state index < -0.39 is 12.1 Å². The van der Waals surface area contributed by atoms with Crippen LogP contribution in [0.1, 0.15) is 18.4 Å². The van der Waals surface area contributed by atoms with Gasteiger partial charge in [-0.25, -0.2) is 4.79 Å². The zero-order chi connectivity index (χ0) is 14.5. The van der Waals surface area contributed by atoms with Crippen LogP contribution in [0.4, 0.5) is 10.5 Å². The molecule has 0 bridgehead atoms. The molecular formula is C14H18N2O4. The fraction of sp³-hybridized carbons (Fsp3) is 0.429. The molecule has 108 valence electrons. The molecule has 0 aliphatic carbocycles. The molecule has 0 aromatic heterocycles. The highest BCUT2D eigenvalue weighted by Gasteiger charge is 2.24. The van der Waals surface area contributed by atoms with Crippen molar-refractivity contribution in [1.82, 2.24) is 4.90 Å². The van der Waals surface area contributed by atoms with Crippen LogP contribution in [0.3, 0.4) is 0 Å². The number of hydrogen-bond acceptors (Lipinski definition) is 3. The van der Waals surface area contributed by atoms with Gasteiger partial charge in [-0.3, -0.25) is 4.79 Å². The lowest BCUT2D eigenvalue weighted by atomic mass is 10.1. The van der Waals surface area contributed by atoms with Crippen molar-refractivity contribution in [3.8, 4) is 0 Å². The highest BCUT2D eigenvalue weighted by molar-refractivity contribution is 5.90. The van der Waals surface area contributed by atoms with Crippen LogP contribution >= 0.6 is 0 Å². The number of carbonyl (C=O) groups excluding carboxylic acids is 1. The van der Waals surface area contributed by atoms with Crippen molar-refractivity contribution in [2.24, 2.45) is 0 Å². The van der Waals surface area contributed by atoms with E-state index in [4.69, 9.17) is 5.11 Å². The third-order valence-corrected chi connectivity index (χ3v) is 3.32. The molecule has 2 rings (SSSR count).